The van der Waals surface area contributed by atoms with E-state index in [-0.39, 0.29) is 6.10 Å². The van der Waals surface area contributed by atoms with Crippen molar-refractivity contribution in [2.24, 2.45) is 0 Å². The Morgan fingerprint density at radius 1 is 1.20 bits per heavy atom. The molecule has 25 heavy (non-hydrogen) atoms. The molecule has 0 spiro atoms. The highest BCUT2D eigenvalue weighted by Crippen LogP contribution is 2.25. The first-order valence-corrected chi connectivity index (χ1v) is 8.78. The number of aromatic nitrogens is 5. The van der Waals surface area contributed by atoms with E-state index < -0.39 is 0 Å². The second-order valence-corrected chi connectivity index (χ2v) is 6.50. The molecule has 1 aromatic carbocycles. The van der Waals surface area contributed by atoms with E-state index in [2.05, 4.69) is 19.3 Å². The average Bonchev–Trinajstić information content (AvgIpc) is 3.28. The monoisotopic (exact) mass is 351 g/mol. The van der Waals surface area contributed by atoms with E-state index >= 15 is 0 Å². The molecule has 126 valence electrons. The quantitative estimate of drug-likeness (QED) is 0.547. The normalized spacial score (nSPS) is 12.6. The van der Waals surface area contributed by atoms with Crippen molar-refractivity contribution in [3.8, 4) is 10.8 Å². The third-order valence-corrected chi connectivity index (χ3v) is 4.72. The van der Waals surface area contributed by atoms with Crippen molar-refractivity contribution < 1.29 is 4.74 Å². The molecule has 4 aromatic rings. The Labute approximate surface area is 149 Å². The number of benzene rings is 1. The summed E-state index contributed by atoms with van der Waals surface area (Å²) in [5.41, 5.74) is 3.04. The van der Waals surface area contributed by atoms with Gasteiger partial charge < -0.3 is 4.74 Å². The fraction of sp³-hybridized carbons (Fsp3) is 0.222. The van der Waals surface area contributed by atoms with Crippen molar-refractivity contribution in [1.82, 2.24) is 23.7 Å². The first-order valence-electron chi connectivity index (χ1n) is 8.00. The maximum absolute atomic E-state index is 5.90. The molecule has 0 amide bonds. The predicted molar refractivity (Wildman–Crippen MR) is 96.3 cm³/mol. The maximum atomic E-state index is 5.90. The Kier molecular flexibility index (Phi) is 4.25. The number of hydrogen-bond donors (Lipinski definition) is 0. The lowest BCUT2D eigenvalue weighted by molar-refractivity contribution is 0.0476. The van der Waals surface area contributed by atoms with Crippen LogP contribution in [-0.4, -0.2) is 23.7 Å². The van der Waals surface area contributed by atoms with Gasteiger partial charge >= 0.3 is 0 Å². The second-order valence-electron chi connectivity index (χ2n) is 5.75. The fourth-order valence-corrected chi connectivity index (χ4v) is 3.31. The highest BCUT2D eigenvalue weighted by atomic mass is 32.1. The first kappa shape index (κ1) is 15.9. The van der Waals surface area contributed by atoms with E-state index in [1.54, 1.807) is 6.20 Å². The van der Waals surface area contributed by atoms with Crippen molar-refractivity contribution >= 4 is 17.0 Å². The number of aryl methyl sites for hydroxylation is 1. The number of nitrogens with zero attached hydrogens (tertiary/aromatic N) is 5. The molecule has 3 heterocycles. The zero-order chi connectivity index (χ0) is 17.2. The van der Waals surface area contributed by atoms with Gasteiger partial charge in [0.15, 0.2) is 16.7 Å². The van der Waals surface area contributed by atoms with Crippen LogP contribution in [0.4, 0.5) is 0 Å². The smallest absolute Gasteiger partial charge is 0.180 e. The molecule has 0 aliphatic carbocycles. The molecule has 7 heteroatoms. The lowest BCUT2D eigenvalue weighted by atomic mass is 10.2. The van der Waals surface area contributed by atoms with Gasteiger partial charge in [0, 0.05) is 12.4 Å². The zero-order valence-corrected chi connectivity index (χ0v) is 14.8. The summed E-state index contributed by atoms with van der Waals surface area (Å²) in [7, 11) is 0. The van der Waals surface area contributed by atoms with Crippen LogP contribution in [0.1, 0.15) is 30.1 Å². The lowest BCUT2D eigenvalue weighted by Gasteiger charge is -2.09. The molecule has 0 N–H and O–H groups in total. The largest absolute Gasteiger partial charge is 0.366 e. The summed E-state index contributed by atoms with van der Waals surface area (Å²) in [5, 5.41) is 0.774. The van der Waals surface area contributed by atoms with E-state index in [1.807, 2.05) is 61.0 Å². The highest BCUT2D eigenvalue weighted by Gasteiger charge is 2.17. The number of hydrogen-bond acceptors (Lipinski definition) is 6. The van der Waals surface area contributed by atoms with E-state index in [9.17, 15) is 0 Å². The van der Waals surface area contributed by atoms with Crippen LogP contribution in [0, 0.1) is 6.92 Å². The molecule has 0 fully saturated rings. The molecule has 0 bridgehead atoms. The zero-order valence-electron chi connectivity index (χ0n) is 14.0. The molecule has 0 saturated carbocycles. The number of fused-ring (bicyclic) bond motifs is 1. The van der Waals surface area contributed by atoms with Gasteiger partial charge in [-0.3, -0.25) is 9.38 Å². The summed E-state index contributed by atoms with van der Waals surface area (Å²) in [4.78, 5) is 13.4. The standard InChI is InChI=1S/C18H17N5OS/c1-12-15-10-20-17(23(15)9-8-19-12)18-21-16(22-25-18)13(2)24-11-14-6-4-3-5-7-14/h3-10,13H,11H2,1-2H3/t13-/m1/s1. The van der Waals surface area contributed by atoms with Gasteiger partial charge in [-0.05, 0) is 30.9 Å². The van der Waals surface area contributed by atoms with Gasteiger partial charge in [0.1, 0.15) is 6.10 Å². The highest BCUT2D eigenvalue weighted by molar-refractivity contribution is 7.09. The maximum Gasteiger partial charge on any atom is 0.180 e. The van der Waals surface area contributed by atoms with Crippen LogP contribution in [0.2, 0.25) is 0 Å². The molecular weight excluding hydrogens is 334 g/mol. The van der Waals surface area contributed by atoms with E-state index in [0.717, 1.165) is 27.6 Å². The predicted octanol–water partition coefficient (Wildman–Crippen LogP) is 3.83. The van der Waals surface area contributed by atoms with Gasteiger partial charge in [0.05, 0.1) is 24.0 Å². The minimum absolute atomic E-state index is 0.181. The van der Waals surface area contributed by atoms with Crippen LogP contribution in [-0.2, 0) is 11.3 Å². The summed E-state index contributed by atoms with van der Waals surface area (Å²) < 4.78 is 12.3. The molecular formula is C18H17N5OS. The van der Waals surface area contributed by atoms with Crippen molar-refractivity contribution in [3.63, 3.8) is 0 Å². The van der Waals surface area contributed by atoms with Gasteiger partial charge in [-0.25, -0.2) is 9.97 Å². The van der Waals surface area contributed by atoms with Crippen LogP contribution in [0.15, 0.2) is 48.9 Å². The van der Waals surface area contributed by atoms with Gasteiger partial charge in [-0.15, -0.1) is 0 Å². The second kappa shape index (κ2) is 6.70. The van der Waals surface area contributed by atoms with Gasteiger partial charge in [-0.2, -0.15) is 4.37 Å². The summed E-state index contributed by atoms with van der Waals surface area (Å²) in [6.07, 6.45) is 5.29. The fourth-order valence-electron chi connectivity index (χ4n) is 2.58. The van der Waals surface area contributed by atoms with E-state index in [4.69, 9.17) is 4.74 Å². The Balaban J connectivity index is 1.54. The molecule has 0 saturated heterocycles. The van der Waals surface area contributed by atoms with Crippen molar-refractivity contribution in [3.05, 3.63) is 66.0 Å². The van der Waals surface area contributed by atoms with Gasteiger partial charge in [-0.1, -0.05) is 30.3 Å². The van der Waals surface area contributed by atoms with Gasteiger partial charge in [0.25, 0.3) is 0 Å². The summed E-state index contributed by atoms with van der Waals surface area (Å²) in [5.74, 6) is 1.46. The summed E-state index contributed by atoms with van der Waals surface area (Å²) >= 11 is 1.33. The molecule has 3 aromatic heterocycles. The molecule has 0 radical (unpaired) electrons. The number of rotatable bonds is 5. The van der Waals surface area contributed by atoms with Crippen molar-refractivity contribution in [2.45, 2.75) is 26.6 Å². The first-order chi connectivity index (χ1) is 12.2. The molecule has 4 rings (SSSR count). The Morgan fingerprint density at radius 2 is 2.04 bits per heavy atom. The Morgan fingerprint density at radius 3 is 2.88 bits per heavy atom. The minimum atomic E-state index is -0.181. The van der Waals surface area contributed by atoms with Gasteiger partial charge in [0.2, 0.25) is 0 Å². The van der Waals surface area contributed by atoms with Crippen LogP contribution >= 0.6 is 11.5 Å². The third kappa shape index (κ3) is 3.16. The van der Waals surface area contributed by atoms with Crippen LogP contribution < -0.4 is 0 Å². The average molecular weight is 351 g/mol. The number of imidazole rings is 1. The topological polar surface area (TPSA) is 65.2 Å². The Bertz CT molecular complexity index is 995. The third-order valence-electron chi connectivity index (χ3n) is 3.99. The molecule has 1 atom stereocenters. The van der Waals surface area contributed by atoms with E-state index in [1.165, 1.54) is 11.5 Å². The summed E-state index contributed by atoms with van der Waals surface area (Å²) in [6, 6.07) is 10.1. The van der Waals surface area contributed by atoms with Crippen LogP contribution in [0.25, 0.3) is 16.3 Å². The molecule has 0 aliphatic heterocycles. The molecule has 0 unspecified atom stereocenters. The minimum Gasteiger partial charge on any atom is -0.366 e. The van der Waals surface area contributed by atoms with E-state index in [0.29, 0.717) is 12.4 Å². The SMILES string of the molecule is Cc1nccn2c(-c3nc([C@@H](C)OCc4ccccc4)ns3)ncc12. The van der Waals surface area contributed by atoms with Crippen LogP contribution in [0.5, 0.6) is 0 Å². The molecule has 0 aliphatic rings. The van der Waals surface area contributed by atoms with Crippen molar-refractivity contribution in [1.29, 1.82) is 0 Å². The Hall–Kier alpha value is -2.64. The van der Waals surface area contributed by atoms with Crippen LogP contribution in [0.3, 0.4) is 0 Å². The van der Waals surface area contributed by atoms with Crippen molar-refractivity contribution in [2.75, 3.05) is 0 Å². The lowest BCUT2D eigenvalue weighted by Crippen LogP contribution is -2.02. The number of ether oxygens (including phenoxy) is 1. The molecule has 6 nitrogen and oxygen atoms in total. The summed E-state index contributed by atoms with van der Waals surface area (Å²) in [6.45, 7) is 4.46.